The summed E-state index contributed by atoms with van der Waals surface area (Å²) in [5.74, 6) is -1.13. The van der Waals surface area contributed by atoms with E-state index in [0.29, 0.717) is 11.4 Å². The summed E-state index contributed by atoms with van der Waals surface area (Å²) in [4.78, 5) is 23.9. The van der Waals surface area contributed by atoms with Crippen LogP contribution in [0.25, 0.3) is 0 Å². The number of carbonyl (C=O) groups is 2. The smallest absolute Gasteiger partial charge is 0.340 e. The molecule has 0 bridgehead atoms. The van der Waals surface area contributed by atoms with E-state index in [1.807, 2.05) is 0 Å². The Labute approximate surface area is 192 Å². The van der Waals surface area contributed by atoms with Gasteiger partial charge in [-0.3, -0.25) is 9.10 Å². The Hall–Kier alpha value is -3.30. The SMILES string of the molecule is C=CCNC(=O)COC(=O)c1cc(S(=O)(=O)N(CC=C)c2ccccc2OC)ccc1Cl. The monoisotopic (exact) mass is 478 g/mol. The van der Waals surface area contributed by atoms with E-state index in [0.717, 1.165) is 10.4 Å². The van der Waals surface area contributed by atoms with Crippen molar-refractivity contribution in [3.05, 3.63) is 78.4 Å². The van der Waals surface area contributed by atoms with E-state index < -0.39 is 28.5 Å². The first-order valence-electron chi connectivity index (χ1n) is 9.37. The Kier molecular flexibility index (Phi) is 8.86. The number of hydrogen-bond donors (Lipinski definition) is 1. The minimum atomic E-state index is -4.14. The van der Waals surface area contributed by atoms with Crippen molar-refractivity contribution in [2.45, 2.75) is 4.90 Å². The molecule has 2 rings (SSSR count). The summed E-state index contributed by atoms with van der Waals surface area (Å²) in [5.41, 5.74) is 0.107. The van der Waals surface area contributed by atoms with Crippen LogP contribution in [0, 0.1) is 0 Å². The molecular weight excluding hydrogens is 456 g/mol. The zero-order valence-electron chi connectivity index (χ0n) is 17.4. The standard InChI is InChI=1S/C22H23ClN2O6S/c1-4-12-24-21(26)15-31-22(27)17-14-16(10-11-18(17)23)32(28,29)25(13-5-2)19-8-6-7-9-20(19)30-3/h4-11,14H,1-2,12-13,15H2,3H3,(H,24,26). The molecule has 2 aromatic rings. The number of amides is 1. The maximum Gasteiger partial charge on any atom is 0.340 e. The fourth-order valence-corrected chi connectivity index (χ4v) is 4.34. The fraction of sp³-hybridized carbons (Fsp3) is 0.182. The molecule has 0 spiro atoms. The zero-order valence-corrected chi connectivity index (χ0v) is 19.0. The number of anilines is 1. The van der Waals surface area contributed by atoms with Gasteiger partial charge in [-0.1, -0.05) is 35.9 Å². The molecule has 0 aliphatic heterocycles. The molecule has 1 N–H and O–H groups in total. The van der Waals surface area contributed by atoms with E-state index in [9.17, 15) is 18.0 Å². The van der Waals surface area contributed by atoms with Gasteiger partial charge in [-0.25, -0.2) is 13.2 Å². The predicted octanol–water partition coefficient (Wildman–Crippen LogP) is 3.19. The topological polar surface area (TPSA) is 102 Å². The molecule has 0 saturated carbocycles. The van der Waals surface area contributed by atoms with Crippen LogP contribution in [0.4, 0.5) is 5.69 Å². The fourth-order valence-electron chi connectivity index (χ4n) is 2.67. The van der Waals surface area contributed by atoms with Gasteiger partial charge in [0, 0.05) is 6.54 Å². The van der Waals surface area contributed by atoms with Gasteiger partial charge in [-0.05, 0) is 30.3 Å². The van der Waals surface area contributed by atoms with Gasteiger partial charge >= 0.3 is 5.97 Å². The Morgan fingerprint density at radius 1 is 1.16 bits per heavy atom. The van der Waals surface area contributed by atoms with Gasteiger partial charge in [0.1, 0.15) is 5.75 Å². The van der Waals surface area contributed by atoms with E-state index in [1.54, 1.807) is 24.3 Å². The molecule has 0 saturated heterocycles. The second kappa shape index (κ2) is 11.4. The molecule has 0 aromatic heterocycles. The number of nitrogens with zero attached hydrogens (tertiary/aromatic N) is 1. The lowest BCUT2D eigenvalue weighted by atomic mass is 10.2. The molecule has 0 heterocycles. The largest absolute Gasteiger partial charge is 0.495 e. The van der Waals surface area contributed by atoms with Crippen LogP contribution >= 0.6 is 11.6 Å². The first kappa shape index (κ1) is 25.0. The molecule has 0 unspecified atom stereocenters. The Morgan fingerprint density at radius 2 is 1.88 bits per heavy atom. The molecule has 8 nitrogen and oxygen atoms in total. The number of sulfonamides is 1. The number of para-hydroxylation sites is 2. The van der Waals surface area contributed by atoms with Crippen LogP contribution in [-0.2, 0) is 19.6 Å². The van der Waals surface area contributed by atoms with Crippen LogP contribution in [0.2, 0.25) is 5.02 Å². The van der Waals surface area contributed by atoms with Crippen molar-refractivity contribution >= 4 is 39.2 Å². The summed E-state index contributed by atoms with van der Waals surface area (Å²) in [6, 6.07) is 10.3. The Morgan fingerprint density at radius 3 is 2.53 bits per heavy atom. The minimum Gasteiger partial charge on any atom is -0.495 e. The molecule has 10 heteroatoms. The molecule has 170 valence electrons. The molecule has 0 atom stereocenters. The number of ether oxygens (including phenoxy) is 2. The van der Waals surface area contributed by atoms with Gasteiger partial charge in [0.15, 0.2) is 6.61 Å². The number of benzene rings is 2. The highest BCUT2D eigenvalue weighted by atomic mass is 35.5. The maximum atomic E-state index is 13.4. The molecule has 32 heavy (non-hydrogen) atoms. The van der Waals surface area contributed by atoms with Crippen LogP contribution in [0.5, 0.6) is 5.75 Å². The number of methoxy groups -OCH3 is 1. The van der Waals surface area contributed by atoms with E-state index in [-0.39, 0.29) is 28.6 Å². The van der Waals surface area contributed by atoms with Gasteiger partial charge in [-0.15, -0.1) is 13.2 Å². The normalized spacial score (nSPS) is 10.7. The van der Waals surface area contributed by atoms with Crippen molar-refractivity contribution in [2.75, 3.05) is 31.1 Å². The summed E-state index contributed by atoms with van der Waals surface area (Å²) in [7, 11) is -2.71. The number of halogens is 1. The van der Waals surface area contributed by atoms with E-state index >= 15 is 0 Å². The number of rotatable bonds is 11. The summed E-state index contributed by atoms with van der Waals surface area (Å²) in [5, 5.41) is 2.44. The second-order valence-electron chi connectivity index (χ2n) is 6.31. The van der Waals surface area contributed by atoms with E-state index in [4.69, 9.17) is 21.1 Å². The van der Waals surface area contributed by atoms with Crippen molar-refractivity contribution < 1.29 is 27.5 Å². The van der Waals surface area contributed by atoms with Gasteiger partial charge < -0.3 is 14.8 Å². The number of carbonyl (C=O) groups excluding carboxylic acids is 2. The Bertz CT molecular complexity index is 1120. The molecule has 0 radical (unpaired) electrons. The third-order valence-electron chi connectivity index (χ3n) is 4.17. The minimum absolute atomic E-state index is 0.0204. The van der Waals surface area contributed by atoms with Crippen molar-refractivity contribution in [1.82, 2.24) is 5.32 Å². The highest BCUT2D eigenvalue weighted by molar-refractivity contribution is 7.92. The van der Waals surface area contributed by atoms with Crippen LogP contribution < -0.4 is 14.4 Å². The van der Waals surface area contributed by atoms with Gasteiger partial charge in [0.2, 0.25) is 0 Å². The quantitative estimate of drug-likeness (QED) is 0.393. The first-order chi connectivity index (χ1) is 15.3. The van der Waals surface area contributed by atoms with Crippen LogP contribution in [0.15, 0.2) is 72.7 Å². The summed E-state index contributed by atoms with van der Waals surface area (Å²) in [6.07, 6.45) is 2.90. The van der Waals surface area contributed by atoms with E-state index in [1.165, 1.54) is 31.4 Å². The van der Waals surface area contributed by atoms with Gasteiger partial charge in [0.05, 0.1) is 34.8 Å². The van der Waals surface area contributed by atoms with Crippen LogP contribution in [0.3, 0.4) is 0 Å². The molecule has 2 aromatic carbocycles. The third-order valence-corrected chi connectivity index (χ3v) is 6.28. The van der Waals surface area contributed by atoms with Crippen molar-refractivity contribution in [3.63, 3.8) is 0 Å². The Balaban J connectivity index is 2.39. The van der Waals surface area contributed by atoms with Crippen molar-refractivity contribution in [1.29, 1.82) is 0 Å². The predicted molar refractivity (Wildman–Crippen MR) is 123 cm³/mol. The maximum absolute atomic E-state index is 13.4. The summed E-state index contributed by atoms with van der Waals surface area (Å²) < 4.78 is 38.2. The van der Waals surface area contributed by atoms with Crippen molar-refractivity contribution in [2.24, 2.45) is 0 Å². The summed E-state index contributed by atoms with van der Waals surface area (Å²) >= 11 is 6.09. The van der Waals surface area contributed by atoms with Crippen LogP contribution in [0.1, 0.15) is 10.4 Å². The molecular formula is C22H23ClN2O6S. The highest BCUT2D eigenvalue weighted by Gasteiger charge is 2.28. The second-order valence-corrected chi connectivity index (χ2v) is 8.58. The third kappa shape index (κ3) is 5.89. The first-order valence-corrected chi connectivity index (χ1v) is 11.2. The molecule has 1 amide bonds. The zero-order chi connectivity index (χ0) is 23.7. The lowest BCUT2D eigenvalue weighted by Crippen LogP contribution is -2.32. The van der Waals surface area contributed by atoms with Gasteiger partial charge in [-0.2, -0.15) is 0 Å². The van der Waals surface area contributed by atoms with Crippen molar-refractivity contribution in [3.8, 4) is 5.75 Å². The average molecular weight is 479 g/mol. The molecule has 0 fully saturated rings. The number of esters is 1. The van der Waals surface area contributed by atoms with E-state index in [2.05, 4.69) is 18.5 Å². The summed E-state index contributed by atoms with van der Waals surface area (Å²) in [6.45, 7) is 6.71. The number of nitrogens with one attached hydrogen (secondary N) is 1. The van der Waals surface area contributed by atoms with Crippen LogP contribution in [-0.4, -0.2) is 47.1 Å². The number of hydrogen-bond acceptors (Lipinski definition) is 6. The lowest BCUT2D eigenvalue weighted by Gasteiger charge is -2.25. The molecule has 0 aliphatic rings. The highest BCUT2D eigenvalue weighted by Crippen LogP contribution is 2.33. The molecule has 0 aliphatic carbocycles. The average Bonchev–Trinajstić information content (AvgIpc) is 2.79. The lowest BCUT2D eigenvalue weighted by molar-refractivity contribution is -0.124. The van der Waals surface area contributed by atoms with Gasteiger partial charge in [0.25, 0.3) is 15.9 Å².